The average molecular weight is 513 g/mol. The van der Waals surface area contributed by atoms with Crippen LogP contribution in [0.3, 0.4) is 0 Å². The molecule has 0 N–H and O–H groups in total. The second-order valence-electron chi connectivity index (χ2n) is 8.03. The van der Waals surface area contributed by atoms with E-state index >= 15 is 0 Å². The summed E-state index contributed by atoms with van der Waals surface area (Å²) in [6.07, 6.45) is 0. The lowest BCUT2D eigenvalue weighted by Crippen LogP contribution is -2.14. The highest BCUT2D eigenvalue weighted by Crippen LogP contribution is 2.39. The van der Waals surface area contributed by atoms with Crippen LogP contribution in [-0.2, 0) is 28.6 Å². The Kier molecular flexibility index (Phi) is 11.2. The molecule has 0 aliphatic heterocycles. The standard InChI is InChI=1S/C28H32O9/c1-18(2)26(29)35-15-12-32-22-10-11-24(34-14-17-37-28(31)20(5)6)25-21(22)8-7-9-23(25)33-13-16-36-27(30)19(3)4/h7-11H,1,3,5,12-17H2,2,4,6H3. The smallest absolute Gasteiger partial charge is 0.333 e. The van der Waals surface area contributed by atoms with Crippen molar-refractivity contribution < 1.29 is 42.8 Å². The molecule has 9 nitrogen and oxygen atoms in total. The molecular weight excluding hydrogens is 480 g/mol. The van der Waals surface area contributed by atoms with Crippen LogP contribution in [0.1, 0.15) is 20.8 Å². The maximum atomic E-state index is 11.6. The quantitative estimate of drug-likeness (QED) is 0.149. The number of esters is 3. The molecule has 0 saturated carbocycles. The van der Waals surface area contributed by atoms with E-state index in [9.17, 15) is 14.4 Å². The van der Waals surface area contributed by atoms with Gasteiger partial charge in [-0.1, -0.05) is 31.9 Å². The molecule has 0 radical (unpaired) electrons. The van der Waals surface area contributed by atoms with Crippen molar-refractivity contribution in [3.05, 3.63) is 66.8 Å². The number of carbonyl (C=O) groups is 3. The Bertz CT molecular complexity index is 1140. The summed E-state index contributed by atoms with van der Waals surface area (Å²) in [6.45, 7) is 15.7. The van der Waals surface area contributed by atoms with Crippen LogP contribution >= 0.6 is 0 Å². The fourth-order valence-corrected chi connectivity index (χ4v) is 2.91. The van der Waals surface area contributed by atoms with E-state index in [1.807, 2.05) is 6.07 Å². The highest BCUT2D eigenvalue weighted by molar-refractivity contribution is 5.98. The van der Waals surface area contributed by atoms with Gasteiger partial charge in [0.2, 0.25) is 0 Å². The van der Waals surface area contributed by atoms with Crippen molar-refractivity contribution in [2.45, 2.75) is 20.8 Å². The molecule has 0 bridgehead atoms. The van der Waals surface area contributed by atoms with Gasteiger partial charge in [-0.05, 0) is 39.0 Å². The van der Waals surface area contributed by atoms with Gasteiger partial charge in [-0.15, -0.1) is 0 Å². The summed E-state index contributed by atoms with van der Waals surface area (Å²) in [7, 11) is 0. The van der Waals surface area contributed by atoms with Crippen molar-refractivity contribution >= 4 is 28.7 Å². The summed E-state index contributed by atoms with van der Waals surface area (Å²) < 4.78 is 32.9. The predicted molar refractivity (Wildman–Crippen MR) is 138 cm³/mol. The fraction of sp³-hybridized carbons (Fsp3) is 0.321. The summed E-state index contributed by atoms with van der Waals surface area (Å²) in [5.74, 6) is -0.0427. The number of ether oxygens (including phenoxy) is 6. The third-order valence-corrected chi connectivity index (χ3v) is 4.69. The second-order valence-corrected chi connectivity index (χ2v) is 8.03. The van der Waals surface area contributed by atoms with Crippen LogP contribution in [0.25, 0.3) is 10.8 Å². The lowest BCUT2D eigenvalue weighted by Gasteiger charge is -2.17. The van der Waals surface area contributed by atoms with Crippen LogP contribution in [0.2, 0.25) is 0 Å². The van der Waals surface area contributed by atoms with E-state index in [4.69, 9.17) is 28.4 Å². The van der Waals surface area contributed by atoms with E-state index in [2.05, 4.69) is 19.7 Å². The van der Waals surface area contributed by atoms with Gasteiger partial charge in [-0.25, -0.2) is 14.4 Å². The molecule has 0 unspecified atom stereocenters. The van der Waals surface area contributed by atoms with Gasteiger partial charge in [0.05, 0.1) is 5.39 Å². The number of fused-ring (bicyclic) bond motifs is 1. The Hall–Kier alpha value is -4.27. The van der Waals surface area contributed by atoms with Gasteiger partial charge < -0.3 is 28.4 Å². The Morgan fingerprint density at radius 3 is 1.38 bits per heavy atom. The molecule has 9 heteroatoms. The first-order valence-corrected chi connectivity index (χ1v) is 11.5. The van der Waals surface area contributed by atoms with E-state index in [1.54, 1.807) is 45.0 Å². The third-order valence-electron chi connectivity index (χ3n) is 4.69. The molecule has 0 saturated heterocycles. The molecule has 0 amide bonds. The molecule has 2 aromatic carbocycles. The molecule has 0 atom stereocenters. The van der Waals surface area contributed by atoms with Gasteiger partial charge >= 0.3 is 17.9 Å². The van der Waals surface area contributed by atoms with Crippen molar-refractivity contribution in [2.24, 2.45) is 0 Å². The second kappa shape index (κ2) is 14.3. The summed E-state index contributed by atoms with van der Waals surface area (Å²) in [5, 5.41) is 1.29. The van der Waals surface area contributed by atoms with Gasteiger partial charge in [-0.3, -0.25) is 0 Å². The minimum absolute atomic E-state index is 0.0272. The summed E-state index contributed by atoms with van der Waals surface area (Å²) in [5.41, 5.74) is 0.893. The van der Waals surface area contributed by atoms with Gasteiger partial charge in [-0.2, -0.15) is 0 Å². The first kappa shape index (κ1) is 29.0. The zero-order chi connectivity index (χ0) is 27.4. The lowest BCUT2D eigenvalue weighted by molar-refractivity contribution is -0.140. The van der Waals surface area contributed by atoms with E-state index in [0.29, 0.717) is 44.7 Å². The minimum atomic E-state index is -0.502. The first-order valence-electron chi connectivity index (χ1n) is 11.5. The molecule has 0 aliphatic carbocycles. The van der Waals surface area contributed by atoms with Crippen molar-refractivity contribution in [1.29, 1.82) is 0 Å². The van der Waals surface area contributed by atoms with Crippen LogP contribution in [0.15, 0.2) is 66.8 Å². The number of benzene rings is 2. The van der Waals surface area contributed by atoms with Gasteiger partial charge in [0.1, 0.15) is 56.9 Å². The Labute approximate surface area is 216 Å². The van der Waals surface area contributed by atoms with Crippen LogP contribution in [0.4, 0.5) is 0 Å². The number of hydrogen-bond acceptors (Lipinski definition) is 9. The number of rotatable bonds is 15. The minimum Gasteiger partial charge on any atom is -0.489 e. The highest BCUT2D eigenvalue weighted by atomic mass is 16.6. The van der Waals surface area contributed by atoms with E-state index in [1.165, 1.54) is 0 Å². The van der Waals surface area contributed by atoms with E-state index in [-0.39, 0.29) is 39.6 Å². The van der Waals surface area contributed by atoms with Crippen LogP contribution in [0.5, 0.6) is 17.2 Å². The monoisotopic (exact) mass is 512 g/mol. The largest absolute Gasteiger partial charge is 0.489 e. The molecule has 0 aromatic heterocycles. The Balaban J connectivity index is 2.20. The Morgan fingerprint density at radius 2 is 0.946 bits per heavy atom. The highest BCUT2D eigenvalue weighted by Gasteiger charge is 2.15. The van der Waals surface area contributed by atoms with Crippen LogP contribution in [0, 0.1) is 0 Å². The normalized spacial score (nSPS) is 10.2. The van der Waals surface area contributed by atoms with Gasteiger partial charge in [0.15, 0.2) is 0 Å². The molecule has 2 aromatic rings. The molecule has 37 heavy (non-hydrogen) atoms. The van der Waals surface area contributed by atoms with Crippen molar-refractivity contribution in [3.8, 4) is 17.2 Å². The summed E-state index contributed by atoms with van der Waals surface area (Å²) in [6, 6.07) is 8.77. The first-order chi connectivity index (χ1) is 17.6. The van der Waals surface area contributed by atoms with Gasteiger partial charge in [0.25, 0.3) is 0 Å². The van der Waals surface area contributed by atoms with Crippen molar-refractivity contribution in [3.63, 3.8) is 0 Å². The summed E-state index contributed by atoms with van der Waals surface area (Å²) >= 11 is 0. The third kappa shape index (κ3) is 9.03. The van der Waals surface area contributed by atoms with Crippen molar-refractivity contribution in [1.82, 2.24) is 0 Å². The van der Waals surface area contributed by atoms with E-state index < -0.39 is 17.9 Å². The van der Waals surface area contributed by atoms with Crippen LogP contribution < -0.4 is 14.2 Å². The molecular formula is C28H32O9. The topological polar surface area (TPSA) is 107 Å². The molecule has 0 fully saturated rings. The van der Waals surface area contributed by atoms with Gasteiger partial charge in [0, 0.05) is 22.1 Å². The fourth-order valence-electron chi connectivity index (χ4n) is 2.91. The average Bonchev–Trinajstić information content (AvgIpc) is 2.86. The van der Waals surface area contributed by atoms with Crippen LogP contribution in [-0.4, -0.2) is 57.5 Å². The maximum Gasteiger partial charge on any atom is 0.333 e. The maximum absolute atomic E-state index is 11.6. The molecule has 0 heterocycles. The molecule has 0 aliphatic rings. The predicted octanol–water partition coefficient (Wildman–Crippen LogP) is 4.33. The Morgan fingerprint density at radius 1 is 0.568 bits per heavy atom. The number of hydrogen-bond donors (Lipinski definition) is 0. The SMILES string of the molecule is C=C(C)C(=O)OCCOc1ccc(OCCOC(=O)C(=C)C)c2c(OCCOC(=O)C(=C)C)cccc12. The molecule has 0 spiro atoms. The lowest BCUT2D eigenvalue weighted by atomic mass is 10.1. The van der Waals surface area contributed by atoms with Crippen molar-refractivity contribution in [2.75, 3.05) is 39.6 Å². The van der Waals surface area contributed by atoms with E-state index in [0.717, 1.165) is 0 Å². The zero-order valence-electron chi connectivity index (χ0n) is 21.4. The molecule has 198 valence electrons. The summed E-state index contributed by atoms with van der Waals surface area (Å²) in [4.78, 5) is 34.8. The number of carbonyl (C=O) groups excluding carboxylic acids is 3. The molecule has 2 rings (SSSR count). The zero-order valence-corrected chi connectivity index (χ0v) is 21.4.